The van der Waals surface area contributed by atoms with E-state index >= 15 is 0 Å². The van der Waals surface area contributed by atoms with Crippen LogP contribution >= 0.6 is 34.7 Å². The molecule has 2 aromatic rings. The quantitative estimate of drug-likeness (QED) is 0.860. The van der Waals surface area contributed by atoms with E-state index in [4.69, 9.17) is 16.3 Å². The van der Waals surface area contributed by atoms with Crippen molar-refractivity contribution in [3.8, 4) is 5.75 Å². The molecule has 0 aliphatic rings. The number of thioether (sulfide) groups is 1. The summed E-state index contributed by atoms with van der Waals surface area (Å²) in [6, 6.07) is 9.27. The van der Waals surface area contributed by atoms with Gasteiger partial charge < -0.3 is 10.1 Å². The lowest BCUT2D eigenvalue weighted by atomic mass is 10.3. The van der Waals surface area contributed by atoms with Gasteiger partial charge >= 0.3 is 0 Å². The van der Waals surface area contributed by atoms with Crippen molar-refractivity contribution in [1.29, 1.82) is 0 Å². The normalized spacial score (nSPS) is 10.3. The van der Waals surface area contributed by atoms with Crippen LogP contribution in [0.3, 0.4) is 0 Å². The first-order valence-electron chi connectivity index (χ1n) is 5.92. The first-order chi connectivity index (χ1) is 9.69. The van der Waals surface area contributed by atoms with E-state index in [0.717, 1.165) is 5.75 Å². The summed E-state index contributed by atoms with van der Waals surface area (Å²) < 4.78 is 5.06. The fourth-order valence-corrected chi connectivity index (χ4v) is 3.51. The molecule has 2 rings (SSSR count). The second-order valence-corrected chi connectivity index (χ2v) is 6.39. The number of hydrogen-bond acceptors (Lipinski definition) is 4. The van der Waals surface area contributed by atoms with E-state index in [1.165, 1.54) is 4.88 Å². The molecule has 20 heavy (non-hydrogen) atoms. The average molecular weight is 328 g/mol. The van der Waals surface area contributed by atoms with Crippen molar-refractivity contribution in [2.24, 2.45) is 0 Å². The molecule has 0 bridgehead atoms. The zero-order valence-corrected chi connectivity index (χ0v) is 13.3. The molecular weight excluding hydrogens is 314 g/mol. The van der Waals surface area contributed by atoms with Gasteiger partial charge in [0.1, 0.15) is 5.75 Å². The Morgan fingerprint density at radius 2 is 2.30 bits per heavy atom. The summed E-state index contributed by atoms with van der Waals surface area (Å²) in [5.41, 5.74) is 0.678. The van der Waals surface area contributed by atoms with Gasteiger partial charge in [-0.05, 0) is 29.6 Å². The number of methoxy groups -OCH3 is 1. The van der Waals surface area contributed by atoms with E-state index in [9.17, 15) is 4.79 Å². The number of anilines is 1. The Morgan fingerprint density at radius 1 is 1.45 bits per heavy atom. The molecule has 3 nitrogen and oxygen atoms in total. The molecular formula is C14H14ClNO2S2. The Hall–Kier alpha value is -1.17. The zero-order chi connectivity index (χ0) is 14.4. The lowest BCUT2D eigenvalue weighted by Gasteiger charge is -2.07. The maximum absolute atomic E-state index is 11.8. The highest BCUT2D eigenvalue weighted by molar-refractivity contribution is 7.99. The molecule has 1 heterocycles. The Kier molecular flexibility index (Phi) is 5.76. The number of amides is 1. The molecule has 106 valence electrons. The van der Waals surface area contributed by atoms with E-state index in [0.29, 0.717) is 22.2 Å². The average Bonchev–Trinajstić information content (AvgIpc) is 2.92. The van der Waals surface area contributed by atoms with Gasteiger partial charge in [0.2, 0.25) is 5.91 Å². The van der Waals surface area contributed by atoms with Crippen LogP contribution in [-0.4, -0.2) is 18.8 Å². The predicted molar refractivity (Wildman–Crippen MR) is 87.1 cm³/mol. The third-order valence-corrected chi connectivity index (χ3v) is 4.83. The van der Waals surface area contributed by atoms with Crippen LogP contribution in [0.2, 0.25) is 5.02 Å². The molecule has 1 N–H and O–H groups in total. The summed E-state index contributed by atoms with van der Waals surface area (Å²) >= 11 is 9.30. The molecule has 0 fully saturated rings. The minimum atomic E-state index is -0.0345. The summed E-state index contributed by atoms with van der Waals surface area (Å²) in [7, 11) is 1.56. The number of hydrogen-bond donors (Lipinski definition) is 1. The molecule has 0 saturated carbocycles. The molecule has 0 aliphatic heterocycles. The second kappa shape index (κ2) is 7.57. The Bertz CT molecular complexity index is 573. The summed E-state index contributed by atoms with van der Waals surface area (Å²) in [4.78, 5) is 13.1. The third-order valence-electron chi connectivity index (χ3n) is 2.49. The largest absolute Gasteiger partial charge is 0.495 e. The number of rotatable bonds is 6. The number of thiophene rings is 1. The SMILES string of the molecule is COc1ccc(NC(=O)CSCc2cccs2)cc1Cl. The van der Waals surface area contributed by atoms with E-state index in [1.807, 2.05) is 11.4 Å². The monoisotopic (exact) mass is 327 g/mol. The van der Waals surface area contributed by atoms with E-state index in [2.05, 4.69) is 11.4 Å². The van der Waals surface area contributed by atoms with Crippen LogP contribution < -0.4 is 10.1 Å². The zero-order valence-electron chi connectivity index (χ0n) is 10.9. The van der Waals surface area contributed by atoms with Crippen molar-refractivity contribution in [1.82, 2.24) is 0 Å². The number of benzene rings is 1. The lowest BCUT2D eigenvalue weighted by Crippen LogP contribution is -2.14. The standard InChI is InChI=1S/C14H14ClNO2S2/c1-18-13-5-4-10(7-12(13)15)16-14(17)9-19-8-11-3-2-6-20-11/h2-7H,8-9H2,1H3,(H,16,17). The second-order valence-electron chi connectivity index (χ2n) is 3.97. The van der Waals surface area contributed by atoms with Crippen molar-refractivity contribution in [2.45, 2.75) is 5.75 Å². The van der Waals surface area contributed by atoms with Crippen LogP contribution in [0.5, 0.6) is 5.75 Å². The van der Waals surface area contributed by atoms with Crippen molar-refractivity contribution < 1.29 is 9.53 Å². The smallest absolute Gasteiger partial charge is 0.234 e. The highest BCUT2D eigenvalue weighted by atomic mass is 35.5. The maximum Gasteiger partial charge on any atom is 0.234 e. The van der Waals surface area contributed by atoms with Gasteiger partial charge in [-0.3, -0.25) is 4.79 Å². The molecule has 1 aromatic carbocycles. The van der Waals surface area contributed by atoms with Gasteiger partial charge in [0.25, 0.3) is 0 Å². The van der Waals surface area contributed by atoms with Crippen molar-refractivity contribution >= 4 is 46.3 Å². The molecule has 6 heteroatoms. The molecule has 1 amide bonds. The number of carbonyl (C=O) groups is 1. The number of nitrogens with one attached hydrogen (secondary N) is 1. The summed E-state index contributed by atoms with van der Waals surface area (Å²) in [6.07, 6.45) is 0. The molecule has 0 atom stereocenters. The van der Waals surface area contributed by atoms with Crippen LogP contribution in [0, 0.1) is 0 Å². The maximum atomic E-state index is 11.8. The van der Waals surface area contributed by atoms with Crippen LogP contribution in [0.15, 0.2) is 35.7 Å². The highest BCUT2D eigenvalue weighted by Gasteiger charge is 2.06. The fraction of sp³-hybridized carbons (Fsp3) is 0.214. The van der Waals surface area contributed by atoms with Gasteiger partial charge in [0, 0.05) is 16.3 Å². The van der Waals surface area contributed by atoms with Gasteiger partial charge in [0.05, 0.1) is 17.9 Å². The molecule has 0 aliphatic carbocycles. The molecule has 1 aromatic heterocycles. The minimum Gasteiger partial charge on any atom is -0.495 e. The Morgan fingerprint density at radius 3 is 2.95 bits per heavy atom. The Balaban J connectivity index is 1.80. The third kappa shape index (κ3) is 4.44. The lowest BCUT2D eigenvalue weighted by molar-refractivity contribution is -0.113. The number of halogens is 1. The first kappa shape index (κ1) is 15.2. The molecule has 0 saturated heterocycles. The van der Waals surface area contributed by atoms with Crippen molar-refractivity contribution in [2.75, 3.05) is 18.2 Å². The predicted octanol–water partition coefficient (Wildman–Crippen LogP) is 4.28. The molecule has 0 unspecified atom stereocenters. The van der Waals surface area contributed by atoms with Crippen LogP contribution in [0.4, 0.5) is 5.69 Å². The summed E-state index contributed by atoms with van der Waals surface area (Å²) in [6.45, 7) is 0. The minimum absolute atomic E-state index is 0.0345. The number of carbonyl (C=O) groups excluding carboxylic acids is 1. The van der Waals surface area contributed by atoms with Crippen LogP contribution in [-0.2, 0) is 10.5 Å². The van der Waals surface area contributed by atoms with Crippen LogP contribution in [0.1, 0.15) is 4.88 Å². The van der Waals surface area contributed by atoms with Gasteiger partial charge in [-0.2, -0.15) is 0 Å². The van der Waals surface area contributed by atoms with Gasteiger partial charge in [-0.1, -0.05) is 17.7 Å². The van der Waals surface area contributed by atoms with Gasteiger partial charge in [-0.15, -0.1) is 23.1 Å². The summed E-state index contributed by atoms with van der Waals surface area (Å²) in [5, 5.41) is 5.34. The topological polar surface area (TPSA) is 38.3 Å². The highest BCUT2D eigenvalue weighted by Crippen LogP contribution is 2.27. The van der Waals surface area contributed by atoms with Gasteiger partial charge in [0.15, 0.2) is 0 Å². The van der Waals surface area contributed by atoms with Crippen molar-refractivity contribution in [3.63, 3.8) is 0 Å². The fourth-order valence-electron chi connectivity index (χ4n) is 1.58. The first-order valence-corrected chi connectivity index (χ1v) is 8.34. The molecule has 0 radical (unpaired) electrons. The van der Waals surface area contributed by atoms with Crippen molar-refractivity contribution in [3.05, 3.63) is 45.6 Å². The van der Waals surface area contributed by atoms with E-state index in [-0.39, 0.29) is 5.91 Å². The van der Waals surface area contributed by atoms with E-state index in [1.54, 1.807) is 48.4 Å². The molecule has 0 spiro atoms. The van der Waals surface area contributed by atoms with E-state index < -0.39 is 0 Å². The Labute approximate surface area is 131 Å². The number of ether oxygens (including phenoxy) is 1. The van der Waals surface area contributed by atoms with Crippen LogP contribution in [0.25, 0.3) is 0 Å². The van der Waals surface area contributed by atoms with Gasteiger partial charge in [-0.25, -0.2) is 0 Å². The summed E-state index contributed by atoms with van der Waals surface area (Å²) in [5.74, 6) is 1.83.